The maximum Gasteiger partial charge on any atom is 0.322 e. The van der Waals surface area contributed by atoms with Gasteiger partial charge in [-0.15, -0.1) is 0 Å². The fourth-order valence-corrected chi connectivity index (χ4v) is 3.21. The van der Waals surface area contributed by atoms with Gasteiger partial charge in [0.2, 0.25) is 0 Å². The van der Waals surface area contributed by atoms with Crippen molar-refractivity contribution in [2.75, 3.05) is 19.5 Å². The van der Waals surface area contributed by atoms with E-state index in [0.29, 0.717) is 0 Å². The van der Waals surface area contributed by atoms with Crippen LogP contribution in [0.5, 0.6) is 5.75 Å². The molecule has 1 unspecified atom stereocenters. The molecule has 0 spiro atoms. The first-order valence-corrected chi connectivity index (χ1v) is 7.38. The average molecular weight is 347 g/mol. The van der Waals surface area contributed by atoms with Crippen LogP contribution in [0.3, 0.4) is 0 Å². The first kappa shape index (κ1) is 13.9. The van der Waals surface area contributed by atoms with Crippen molar-refractivity contribution in [2.24, 2.45) is 0 Å². The number of rotatable bonds is 2. The molecule has 108 valence electrons. The molecule has 1 heterocycles. The maximum atomic E-state index is 12.2. The van der Waals surface area contributed by atoms with E-state index < -0.39 is 0 Å². The fraction of sp³-hybridized carbons (Fsp3) is 0.188. The number of amides is 2. The van der Waals surface area contributed by atoms with Crippen LogP contribution in [0, 0.1) is 0 Å². The highest BCUT2D eigenvalue weighted by Crippen LogP contribution is 2.45. The Kier molecular flexibility index (Phi) is 3.59. The number of hydrogen-bond acceptors (Lipinski definition) is 2. The van der Waals surface area contributed by atoms with Gasteiger partial charge >= 0.3 is 6.03 Å². The second-order valence-corrected chi connectivity index (χ2v) is 5.75. The van der Waals surface area contributed by atoms with Gasteiger partial charge in [-0.1, -0.05) is 30.3 Å². The molecule has 21 heavy (non-hydrogen) atoms. The molecule has 1 aliphatic rings. The second kappa shape index (κ2) is 5.41. The Morgan fingerprint density at radius 1 is 1.19 bits per heavy atom. The number of ether oxygens (including phenoxy) is 1. The number of halogens is 1. The molecule has 2 amide bonds. The van der Waals surface area contributed by atoms with Gasteiger partial charge in [0.1, 0.15) is 5.75 Å². The summed E-state index contributed by atoms with van der Waals surface area (Å²) in [6.45, 7) is 0. The summed E-state index contributed by atoms with van der Waals surface area (Å²) in [5, 5.41) is 2.90. The number of urea groups is 1. The second-order valence-electron chi connectivity index (χ2n) is 4.90. The summed E-state index contributed by atoms with van der Waals surface area (Å²) in [5.74, 6) is 0.744. The zero-order valence-corrected chi connectivity index (χ0v) is 13.3. The molecule has 0 aromatic heterocycles. The van der Waals surface area contributed by atoms with Crippen LogP contribution in [0.25, 0.3) is 0 Å². The third kappa shape index (κ3) is 2.27. The Balaban J connectivity index is 2.25. The first-order valence-electron chi connectivity index (χ1n) is 6.58. The van der Waals surface area contributed by atoms with Gasteiger partial charge in [0.05, 0.1) is 23.3 Å². The fourth-order valence-electron chi connectivity index (χ4n) is 2.70. The smallest absolute Gasteiger partial charge is 0.322 e. The van der Waals surface area contributed by atoms with Crippen molar-refractivity contribution in [3.05, 3.63) is 58.1 Å². The van der Waals surface area contributed by atoms with Gasteiger partial charge in [-0.2, -0.15) is 0 Å². The molecule has 1 aliphatic heterocycles. The van der Waals surface area contributed by atoms with E-state index in [0.717, 1.165) is 27.0 Å². The minimum Gasteiger partial charge on any atom is -0.495 e. The van der Waals surface area contributed by atoms with Gasteiger partial charge in [0.25, 0.3) is 0 Å². The molecular formula is C16H15BrN2O2. The number of carbonyl (C=O) groups is 1. The quantitative estimate of drug-likeness (QED) is 0.891. The maximum absolute atomic E-state index is 12.2. The number of methoxy groups -OCH3 is 1. The molecule has 3 rings (SSSR count). The van der Waals surface area contributed by atoms with Crippen LogP contribution < -0.4 is 10.1 Å². The topological polar surface area (TPSA) is 41.6 Å². The lowest BCUT2D eigenvalue weighted by Crippen LogP contribution is -2.40. The molecule has 0 saturated heterocycles. The third-order valence-electron chi connectivity index (χ3n) is 3.69. The van der Waals surface area contributed by atoms with E-state index >= 15 is 0 Å². The van der Waals surface area contributed by atoms with Crippen LogP contribution in [-0.4, -0.2) is 25.1 Å². The van der Waals surface area contributed by atoms with Crippen molar-refractivity contribution in [2.45, 2.75) is 6.04 Å². The molecule has 2 aromatic rings. The largest absolute Gasteiger partial charge is 0.495 e. The van der Waals surface area contributed by atoms with Crippen molar-refractivity contribution in [1.82, 2.24) is 4.90 Å². The molecular weight excluding hydrogens is 332 g/mol. The lowest BCUT2D eigenvalue weighted by molar-refractivity contribution is 0.208. The van der Waals surface area contributed by atoms with Gasteiger partial charge in [0, 0.05) is 12.6 Å². The van der Waals surface area contributed by atoms with Crippen molar-refractivity contribution in [3.8, 4) is 5.75 Å². The SMILES string of the molecule is COc1c(Br)ccc2c1C(c1ccccc1)N(C)C(=O)N2. The minimum atomic E-state index is -0.178. The van der Waals surface area contributed by atoms with E-state index in [4.69, 9.17) is 4.74 Å². The number of nitrogens with zero attached hydrogens (tertiary/aromatic N) is 1. The summed E-state index contributed by atoms with van der Waals surface area (Å²) >= 11 is 3.51. The van der Waals surface area contributed by atoms with E-state index in [-0.39, 0.29) is 12.1 Å². The Bertz CT molecular complexity index is 688. The summed E-state index contributed by atoms with van der Waals surface area (Å²) in [6, 6.07) is 13.4. The lowest BCUT2D eigenvalue weighted by atomic mass is 9.93. The highest BCUT2D eigenvalue weighted by Gasteiger charge is 2.34. The van der Waals surface area contributed by atoms with Crippen LogP contribution in [-0.2, 0) is 0 Å². The summed E-state index contributed by atoms with van der Waals surface area (Å²) in [7, 11) is 3.43. The third-order valence-corrected chi connectivity index (χ3v) is 4.31. The predicted octanol–water partition coefficient (Wildman–Crippen LogP) is 4.02. The Labute approximate surface area is 131 Å². The summed E-state index contributed by atoms with van der Waals surface area (Å²) in [4.78, 5) is 13.9. The number of benzene rings is 2. The molecule has 4 nitrogen and oxygen atoms in total. The van der Waals surface area contributed by atoms with E-state index in [9.17, 15) is 4.79 Å². The Morgan fingerprint density at radius 2 is 1.90 bits per heavy atom. The van der Waals surface area contributed by atoms with Crippen LogP contribution in [0.2, 0.25) is 0 Å². The zero-order chi connectivity index (χ0) is 15.0. The van der Waals surface area contributed by atoms with Crippen LogP contribution in [0.4, 0.5) is 10.5 Å². The molecule has 5 heteroatoms. The molecule has 2 aromatic carbocycles. The van der Waals surface area contributed by atoms with Gasteiger partial charge in [0.15, 0.2) is 0 Å². The van der Waals surface area contributed by atoms with Crippen LogP contribution >= 0.6 is 15.9 Å². The minimum absolute atomic E-state index is 0.124. The molecule has 0 saturated carbocycles. The Hall–Kier alpha value is -2.01. The van der Waals surface area contributed by atoms with E-state index in [1.165, 1.54) is 0 Å². The number of hydrogen-bond donors (Lipinski definition) is 1. The number of fused-ring (bicyclic) bond motifs is 1. The van der Waals surface area contributed by atoms with Crippen LogP contribution in [0.15, 0.2) is 46.9 Å². The average Bonchev–Trinajstić information content (AvgIpc) is 2.50. The highest BCUT2D eigenvalue weighted by atomic mass is 79.9. The van der Waals surface area contributed by atoms with Gasteiger partial charge in [-0.3, -0.25) is 0 Å². The van der Waals surface area contributed by atoms with Crippen molar-refractivity contribution < 1.29 is 9.53 Å². The Morgan fingerprint density at radius 3 is 2.57 bits per heavy atom. The first-order chi connectivity index (χ1) is 10.1. The molecule has 0 aliphatic carbocycles. The van der Waals surface area contributed by atoms with Crippen molar-refractivity contribution >= 4 is 27.6 Å². The molecule has 0 bridgehead atoms. The van der Waals surface area contributed by atoms with Gasteiger partial charge < -0.3 is 15.0 Å². The normalized spacial score (nSPS) is 17.2. The lowest BCUT2D eigenvalue weighted by Gasteiger charge is -2.36. The number of anilines is 1. The monoisotopic (exact) mass is 346 g/mol. The molecule has 0 fully saturated rings. The van der Waals surface area contributed by atoms with Crippen LogP contribution in [0.1, 0.15) is 17.2 Å². The van der Waals surface area contributed by atoms with Crippen molar-refractivity contribution in [1.29, 1.82) is 0 Å². The standard InChI is InChI=1S/C16H15BrN2O2/c1-19-14(10-6-4-3-5-7-10)13-12(18-16(19)20)9-8-11(17)15(13)21-2/h3-9,14H,1-2H3,(H,18,20). The van der Waals surface area contributed by atoms with Gasteiger partial charge in [-0.05, 0) is 33.6 Å². The molecule has 0 radical (unpaired) electrons. The molecule has 1 N–H and O–H groups in total. The molecule has 1 atom stereocenters. The van der Waals surface area contributed by atoms with E-state index in [1.807, 2.05) is 42.5 Å². The summed E-state index contributed by atoms with van der Waals surface area (Å²) in [6.07, 6.45) is 0. The van der Waals surface area contributed by atoms with E-state index in [2.05, 4.69) is 21.2 Å². The zero-order valence-electron chi connectivity index (χ0n) is 11.8. The predicted molar refractivity (Wildman–Crippen MR) is 85.8 cm³/mol. The summed E-state index contributed by atoms with van der Waals surface area (Å²) < 4.78 is 6.42. The highest BCUT2D eigenvalue weighted by molar-refractivity contribution is 9.10. The summed E-state index contributed by atoms with van der Waals surface area (Å²) in [5.41, 5.74) is 2.79. The van der Waals surface area contributed by atoms with Gasteiger partial charge in [-0.25, -0.2) is 4.79 Å². The number of carbonyl (C=O) groups excluding carboxylic acids is 1. The van der Waals surface area contributed by atoms with E-state index in [1.54, 1.807) is 19.1 Å². The number of nitrogens with one attached hydrogen (secondary N) is 1. The van der Waals surface area contributed by atoms with Crippen molar-refractivity contribution in [3.63, 3.8) is 0 Å².